The Morgan fingerprint density at radius 2 is 2.27 bits per heavy atom. The van der Waals surface area contributed by atoms with Crippen LogP contribution in [-0.4, -0.2) is 33.9 Å². The molecule has 0 bridgehead atoms. The third-order valence-electron chi connectivity index (χ3n) is 2.75. The van der Waals surface area contributed by atoms with E-state index in [0.29, 0.717) is 5.69 Å². The highest BCUT2D eigenvalue weighted by Crippen LogP contribution is 2.29. The van der Waals surface area contributed by atoms with Gasteiger partial charge in [0.2, 0.25) is 0 Å². The lowest BCUT2D eigenvalue weighted by atomic mass is 9.93. The molecule has 0 radical (unpaired) electrons. The van der Waals surface area contributed by atoms with Gasteiger partial charge in [0.05, 0.1) is 6.20 Å². The van der Waals surface area contributed by atoms with E-state index in [1.165, 1.54) is 6.20 Å². The Morgan fingerprint density at radius 1 is 1.47 bits per heavy atom. The van der Waals surface area contributed by atoms with Crippen molar-refractivity contribution in [2.24, 2.45) is 5.41 Å². The van der Waals surface area contributed by atoms with E-state index in [-0.39, 0.29) is 11.3 Å². The number of hydrogen-bond acceptors (Lipinski definition) is 3. The van der Waals surface area contributed by atoms with Crippen molar-refractivity contribution in [3.63, 3.8) is 0 Å². The maximum absolute atomic E-state index is 12.0. The van der Waals surface area contributed by atoms with E-state index in [2.05, 4.69) is 23.8 Å². The second-order valence-corrected chi connectivity index (χ2v) is 4.73. The van der Waals surface area contributed by atoms with Crippen LogP contribution in [0.3, 0.4) is 0 Å². The molecule has 4 heteroatoms. The highest BCUT2D eigenvalue weighted by Gasteiger charge is 2.32. The smallest absolute Gasteiger partial charge is 0.274 e. The van der Waals surface area contributed by atoms with Crippen molar-refractivity contribution >= 4 is 5.91 Å². The molecule has 0 aromatic carbocycles. The van der Waals surface area contributed by atoms with Crippen LogP contribution < -0.4 is 0 Å². The molecular formula is C11H15N3O. The number of carbonyl (C=O) groups is 1. The van der Waals surface area contributed by atoms with Gasteiger partial charge in [-0.15, -0.1) is 0 Å². The van der Waals surface area contributed by atoms with Crippen LogP contribution in [-0.2, 0) is 0 Å². The molecule has 15 heavy (non-hydrogen) atoms. The number of nitrogens with zero attached hydrogens (tertiary/aromatic N) is 3. The van der Waals surface area contributed by atoms with Crippen molar-refractivity contribution in [1.82, 2.24) is 14.9 Å². The standard InChI is InChI=1S/C11H15N3O/c1-11(2)3-6-14(8-11)10(15)9-7-12-4-5-13-9/h4-5,7H,3,6,8H2,1-2H3. The third kappa shape index (κ3) is 2.14. The molecule has 4 nitrogen and oxygen atoms in total. The van der Waals surface area contributed by atoms with Gasteiger partial charge in [0.15, 0.2) is 0 Å². The monoisotopic (exact) mass is 205 g/mol. The van der Waals surface area contributed by atoms with Gasteiger partial charge in [-0.2, -0.15) is 0 Å². The Morgan fingerprint density at radius 3 is 2.80 bits per heavy atom. The van der Waals surface area contributed by atoms with Gasteiger partial charge in [0.1, 0.15) is 5.69 Å². The molecule has 1 amide bonds. The molecule has 0 saturated carbocycles. The summed E-state index contributed by atoms with van der Waals surface area (Å²) >= 11 is 0. The Hall–Kier alpha value is -1.45. The molecule has 1 saturated heterocycles. The van der Waals surface area contributed by atoms with Crippen molar-refractivity contribution in [3.05, 3.63) is 24.3 Å². The largest absolute Gasteiger partial charge is 0.337 e. The van der Waals surface area contributed by atoms with Crippen LogP contribution in [0.4, 0.5) is 0 Å². The molecule has 1 aliphatic rings. The molecule has 80 valence electrons. The summed E-state index contributed by atoms with van der Waals surface area (Å²) in [5, 5.41) is 0. The van der Waals surface area contributed by atoms with Gasteiger partial charge in [-0.3, -0.25) is 9.78 Å². The van der Waals surface area contributed by atoms with E-state index in [4.69, 9.17) is 0 Å². The molecule has 1 aromatic rings. The van der Waals surface area contributed by atoms with Gasteiger partial charge in [-0.1, -0.05) is 13.8 Å². The van der Waals surface area contributed by atoms with Crippen molar-refractivity contribution in [2.75, 3.05) is 13.1 Å². The Labute approximate surface area is 89.3 Å². The molecule has 2 heterocycles. The van der Waals surface area contributed by atoms with Crippen LogP contribution in [0, 0.1) is 5.41 Å². The summed E-state index contributed by atoms with van der Waals surface area (Å²) in [6.07, 6.45) is 5.70. The number of carbonyl (C=O) groups excluding carboxylic acids is 1. The molecule has 0 N–H and O–H groups in total. The first kappa shape index (κ1) is 10.1. The number of rotatable bonds is 1. The zero-order valence-electron chi connectivity index (χ0n) is 9.10. The van der Waals surface area contributed by atoms with Crippen LogP contribution in [0.25, 0.3) is 0 Å². The summed E-state index contributed by atoms with van der Waals surface area (Å²) < 4.78 is 0. The average molecular weight is 205 g/mol. The van der Waals surface area contributed by atoms with E-state index < -0.39 is 0 Å². The highest BCUT2D eigenvalue weighted by atomic mass is 16.2. The van der Waals surface area contributed by atoms with Crippen molar-refractivity contribution in [2.45, 2.75) is 20.3 Å². The summed E-state index contributed by atoms with van der Waals surface area (Å²) in [5.74, 6) is -0.00586. The summed E-state index contributed by atoms with van der Waals surface area (Å²) in [7, 11) is 0. The average Bonchev–Trinajstić information content (AvgIpc) is 2.59. The Bertz CT molecular complexity index is 361. The zero-order chi connectivity index (χ0) is 10.9. The molecule has 1 fully saturated rings. The van der Waals surface area contributed by atoms with E-state index in [1.807, 2.05) is 4.90 Å². The first-order valence-electron chi connectivity index (χ1n) is 5.14. The normalized spacial score (nSPS) is 19.2. The third-order valence-corrected chi connectivity index (χ3v) is 2.75. The van der Waals surface area contributed by atoms with Crippen LogP contribution in [0.2, 0.25) is 0 Å². The fourth-order valence-corrected chi connectivity index (χ4v) is 1.86. The predicted molar refractivity (Wildman–Crippen MR) is 56.3 cm³/mol. The zero-order valence-corrected chi connectivity index (χ0v) is 9.10. The number of aromatic nitrogens is 2. The minimum absolute atomic E-state index is 0.00586. The first-order valence-corrected chi connectivity index (χ1v) is 5.14. The molecule has 2 rings (SSSR count). The number of amides is 1. The van der Waals surface area contributed by atoms with Gasteiger partial charge < -0.3 is 4.90 Å². The molecule has 0 unspecified atom stereocenters. The maximum Gasteiger partial charge on any atom is 0.274 e. The second-order valence-electron chi connectivity index (χ2n) is 4.73. The molecule has 0 spiro atoms. The highest BCUT2D eigenvalue weighted by molar-refractivity contribution is 5.92. The first-order chi connectivity index (χ1) is 7.08. The van der Waals surface area contributed by atoms with Gasteiger partial charge in [-0.05, 0) is 11.8 Å². The van der Waals surface area contributed by atoms with Crippen molar-refractivity contribution in [3.8, 4) is 0 Å². The lowest BCUT2D eigenvalue weighted by molar-refractivity contribution is 0.0772. The number of likely N-dealkylation sites (tertiary alicyclic amines) is 1. The fraction of sp³-hybridized carbons (Fsp3) is 0.545. The van der Waals surface area contributed by atoms with Crippen molar-refractivity contribution < 1.29 is 4.79 Å². The Balaban J connectivity index is 2.11. The van der Waals surface area contributed by atoms with Crippen LogP contribution in [0.5, 0.6) is 0 Å². The minimum Gasteiger partial charge on any atom is -0.337 e. The van der Waals surface area contributed by atoms with E-state index in [1.54, 1.807) is 12.4 Å². The van der Waals surface area contributed by atoms with Gasteiger partial charge in [0, 0.05) is 25.5 Å². The Kier molecular flexibility index (Phi) is 2.42. The van der Waals surface area contributed by atoms with Crippen LogP contribution in [0.15, 0.2) is 18.6 Å². The van der Waals surface area contributed by atoms with E-state index >= 15 is 0 Å². The molecule has 0 aliphatic carbocycles. The quantitative estimate of drug-likeness (QED) is 0.695. The van der Waals surface area contributed by atoms with E-state index in [9.17, 15) is 4.79 Å². The molecular weight excluding hydrogens is 190 g/mol. The lowest BCUT2D eigenvalue weighted by Gasteiger charge is -2.19. The maximum atomic E-state index is 12.0. The van der Waals surface area contributed by atoms with Crippen LogP contribution >= 0.6 is 0 Å². The molecule has 1 aliphatic heterocycles. The van der Waals surface area contributed by atoms with Crippen LogP contribution in [0.1, 0.15) is 30.8 Å². The molecule has 0 atom stereocenters. The minimum atomic E-state index is -0.00586. The van der Waals surface area contributed by atoms with Gasteiger partial charge >= 0.3 is 0 Å². The molecule has 1 aromatic heterocycles. The SMILES string of the molecule is CC1(C)CCN(C(=O)c2cnccn2)C1. The fourth-order valence-electron chi connectivity index (χ4n) is 1.86. The van der Waals surface area contributed by atoms with Gasteiger partial charge in [-0.25, -0.2) is 4.98 Å². The lowest BCUT2D eigenvalue weighted by Crippen LogP contribution is -2.30. The summed E-state index contributed by atoms with van der Waals surface area (Å²) in [5.41, 5.74) is 0.674. The van der Waals surface area contributed by atoms with E-state index in [0.717, 1.165) is 19.5 Å². The predicted octanol–water partition coefficient (Wildman–Crippen LogP) is 1.35. The second kappa shape index (κ2) is 3.61. The van der Waals surface area contributed by atoms with Crippen molar-refractivity contribution in [1.29, 1.82) is 0 Å². The number of hydrogen-bond donors (Lipinski definition) is 0. The summed E-state index contributed by atoms with van der Waals surface area (Å²) in [4.78, 5) is 21.7. The summed E-state index contributed by atoms with van der Waals surface area (Å²) in [6, 6.07) is 0. The van der Waals surface area contributed by atoms with Gasteiger partial charge in [0.25, 0.3) is 5.91 Å². The topological polar surface area (TPSA) is 46.1 Å². The summed E-state index contributed by atoms with van der Waals surface area (Å²) in [6.45, 7) is 5.98.